The Hall–Kier alpha value is -2.93. The average molecular weight is 260 g/mol. The molecule has 3 aromatic rings. The summed E-state index contributed by atoms with van der Waals surface area (Å²) in [5.74, 6) is 0. The number of nitrogens with zero attached hydrogens (tertiary/aromatic N) is 3. The van der Waals surface area contributed by atoms with E-state index in [9.17, 15) is 0 Å². The van der Waals surface area contributed by atoms with E-state index in [0.29, 0.717) is 0 Å². The lowest BCUT2D eigenvalue weighted by Crippen LogP contribution is -1.85. The highest BCUT2D eigenvalue weighted by Crippen LogP contribution is 2.23. The second kappa shape index (κ2) is 5.37. The molecule has 3 aromatic heterocycles. The van der Waals surface area contributed by atoms with Crippen LogP contribution in [0.1, 0.15) is 5.56 Å². The van der Waals surface area contributed by atoms with Gasteiger partial charge in [-0.1, -0.05) is 12.1 Å². The van der Waals surface area contributed by atoms with Crippen LogP contribution in [-0.2, 0) is 6.42 Å². The fourth-order valence-corrected chi connectivity index (χ4v) is 2.13. The smallest absolute Gasteiger partial charge is 0.150 e. The van der Waals surface area contributed by atoms with E-state index in [2.05, 4.69) is 25.9 Å². The molecule has 0 saturated heterocycles. The summed E-state index contributed by atoms with van der Waals surface area (Å²) in [5.41, 5.74) is 3.89. The summed E-state index contributed by atoms with van der Waals surface area (Å²) in [7, 11) is 0. The highest BCUT2D eigenvalue weighted by molar-refractivity contribution is 5.84. The lowest BCUT2D eigenvalue weighted by Gasteiger charge is -2.01. The van der Waals surface area contributed by atoms with Crippen LogP contribution in [0.4, 0.5) is 0 Å². The van der Waals surface area contributed by atoms with Crippen molar-refractivity contribution in [1.29, 1.82) is 0 Å². The third-order valence-electron chi connectivity index (χ3n) is 3.10. The summed E-state index contributed by atoms with van der Waals surface area (Å²) in [4.78, 5) is 15.1. The molecule has 0 radical (unpaired) electrons. The zero-order valence-corrected chi connectivity index (χ0v) is 10.7. The van der Waals surface area contributed by atoms with Crippen molar-refractivity contribution in [3.05, 3.63) is 72.1 Å². The van der Waals surface area contributed by atoms with Crippen molar-refractivity contribution in [2.24, 2.45) is 0 Å². The molecule has 0 spiro atoms. The van der Waals surface area contributed by atoms with Gasteiger partial charge in [-0.2, -0.15) is 0 Å². The number of fused-ring (bicyclic) bond motifs is 1. The van der Waals surface area contributed by atoms with E-state index in [4.69, 9.17) is 6.57 Å². The standard InChI is InChI=1S/C16H12N4/c1-17-7-4-5-12-10-19-16-14(12)9-13(11-20-16)15-6-2-3-8-18-15/h2-4,6-11H,5H2,(H,19,20)/b7-4-. The summed E-state index contributed by atoms with van der Waals surface area (Å²) < 4.78 is 0. The highest BCUT2D eigenvalue weighted by Gasteiger charge is 2.06. The third-order valence-corrected chi connectivity index (χ3v) is 3.10. The van der Waals surface area contributed by atoms with Gasteiger partial charge >= 0.3 is 0 Å². The summed E-state index contributed by atoms with van der Waals surface area (Å²) in [6.07, 6.45) is 9.58. The predicted octanol–water partition coefficient (Wildman–Crippen LogP) is 3.60. The van der Waals surface area contributed by atoms with Crippen LogP contribution in [0.3, 0.4) is 0 Å². The van der Waals surface area contributed by atoms with E-state index in [-0.39, 0.29) is 0 Å². The van der Waals surface area contributed by atoms with Crippen molar-refractivity contribution in [3.63, 3.8) is 0 Å². The van der Waals surface area contributed by atoms with E-state index in [1.807, 2.05) is 36.7 Å². The zero-order valence-electron chi connectivity index (χ0n) is 10.7. The van der Waals surface area contributed by atoms with Crippen molar-refractivity contribution in [3.8, 4) is 11.3 Å². The Kier molecular flexibility index (Phi) is 3.25. The molecule has 0 atom stereocenters. The predicted molar refractivity (Wildman–Crippen MR) is 78.8 cm³/mol. The van der Waals surface area contributed by atoms with Gasteiger partial charge in [0.1, 0.15) is 5.65 Å². The Balaban J connectivity index is 2.04. The first-order valence-electron chi connectivity index (χ1n) is 6.27. The molecule has 0 fully saturated rings. The van der Waals surface area contributed by atoms with Crippen molar-refractivity contribution in [2.75, 3.05) is 0 Å². The molecule has 0 aliphatic rings. The molecule has 0 unspecified atom stereocenters. The van der Waals surface area contributed by atoms with Crippen LogP contribution < -0.4 is 0 Å². The van der Waals surface area contributed by atoms with Gasteiger partial charge < -0.3 is 4.98 Å². The number of pyridine rings is 2. The first kappa shape index (κ1) is 12.1. The first-order chi connectivity index (χ1) is 9.88. The van der Waals surface area contributed by atoms with Crippen LogP contribution >= 0.6 is 0 Å². The summed E-state index contributed by atoms with van der Waals surface area (Å²) >= 11 is 0. The number of aromatic nitrogens is 3. The SMILES string of the molecule is [C-]#[N+]/C=C\Cc1c[nH]c2ncc(-c3ccccn3)cc12. The Labute approximate surface area is 116 Å². The molecule has 3 rings (SSSR count). The van der Waals surface area contributed by atoms with Gasteiger partial charge in [-0.05, 0) is 30.2 Å². The van der Waals surface area contributed by atoms with Crippen molar-refractivity contribution in [2.45, 2.75) is 6.42 Å². The monoisotopic (exact) mass is 260 g/mol. The molecule has 0 amide bonds. The molecule has 0 aliphatic heterocycles. The lowest BCUT2D eigenvalue weighted by molar-refractivity contribution is 1.27. The average Bonchev–Trinajstić information content (AvgIpc) is 2.91. The second-order valence-electron chi connectivity index (χ2n) is 4.37. The van der Waals surface area contributed by atoms with Crippen molar-refractivity contribution < 1.29 is 0 Å². The fourth-order valence-electron chi connectivity index (χ4n) is 2.13. The van der Waals surface area contributed by atoms with Gasteiger partial charge in [-0.3, -0.25) is 4.98 Å². The second-order valence-corrected chi connectivity index (χ2v) is 4.37. The van der Waals surface area contributed by atoms with Crippen LogP contribution in [-0.4, -0.2) is 15.0 Å². The minimum absolute atomic E-state index is 0.718. The maximum absolute atomic E-state index is 6.75. The van der Waals surface area contributed by atoms with E-state index in [1.54, 1.807) is 6.20 Å². The zero-order chi connectivity index (χ0) is 13.8. The Morgan fingerprint density at radius 1 is 1.30 bits per heavy atom. The van der Waals surface area contributed by atoms with Gasteiger partial charge in [-0.25, -0.2) is 9.83 Å². The quantitative estimate of drug-likeness (QED) is 0.731. The molecule has 0 bridgehead atoms. The highest BCUT2D eigenvalue weighted by atomic mass is 14.8. The molecule has 4 heteroatoms. The van der Waals surface area contributed by atoms with Gasteiger partial charge in [0.05, 0.1) is 12.3 Å². The lowest BCUT2D eigenvalue weighted by atomic mass is 10.1. The minimum Gasteiger partial charge on any atom is -0.346 e. The van der Waals surface area contributed by atoms with Crippen molar-refractivity contribution in [1.82, 2.24) is 15.0 Å². The third kappa shape index (κ3) is 2.29. The van der Waals surface area contributed by atoms with Crippen LogP contribution in [0, 0.1) is 6.57 Å². The van der Waals surface area contributed by atoms with Gasteiger partial charge in [-0.15, -0.1) is 0 Å². The van der Waals surface area contributed by atoms with E-state index in [1.165, 1.54) is 6.20 Å². The van der Waals surface area contributed by atoms with Crippen molar-refractivity contribution >= 4 is 11.0 Å². The Morgan fingerprint density at radius 3 is 3.05 bits per heavy atom. The molecule has 96 valence electrons. The number of nitrogens with one attached hydrogen (secondary N) is 1. The Bertz CT molecular complexity index is 794. The number of aromatic amines is 1. The molecule has 0 saturated carbocycles. The molecular weight excluding hydrogens is 248 g/mol. The normalized spacial score (nSPS) is 10.9. The Morgan fingerprint density at radius 2 is 2.25 bits per heavy atom. The maximum Gasteiger partial charge on any atom is 0.150 e. The summed E-state index contributed by atoms with van der Waals surface area (Å²) in [6, 6.07) is 7.91. The van der Waals surface area contributed by atoms with Gasteiger partial charge in [0, 0.05) is 29.5 Å². The molecule has 1 N–H and O–H groups in total. The number of hydrogen-bond acceptors (Lipinski definition) is 2. The summed E-state index contributed by atoms with van der Waals surface area (Å²) in [6.45, 7) is 6.75. The number of rotatable bonds is 3. The largest absolute Gasteiger partial charge is 0.346 e. The van der Waals surface area contributed by atoms with E-state index < -0.39 is 0 Å². The molecule has 3 heterocycles. The molecular formula is C16H12N4. The fraction of sp³-hybridized carbons (Fsp3) is 0.0625. The van der Waals surface area contributed by atoms with Gasteiger partial charge in [0.25, 0.3) is 0 Å². The first-order valence-corrected chi connectivity index (χ1v) is 6.27. The number of hydrogen-bond donors (Lipinski definition) is 1. The topological polar surface area (TPSA) is 45.9 Å². The maximum atomic E-state index is 6.75. The molecule has 20 heavy (non-hydrogen) atoms. The number of H-pyrrole nitrogens is 1. The van der Waals surface area contributed by atoms with Crippen LogP contribution in [0.15, 0.2) is 55.1 Å². The molecule has 4 nitrogen and oxygen atoms in total. The minimum atomic E-state index is 0.718. The summed E-state index contributed by atoms with van der Waals surface area (Å²) in [5, 5.41) is 1.07. The van der Waals surface area contributed by atoms with Crippen LogP contribution in [0.5, 0.6) is 0 Å². The number of allylic oxidation sites excluding steroid dienone is 1. The van der Waals surface area contributed by atoms with Crippen LogP contribution in [0.2, 0.25) is 0 Å². The van der Waals surface area contributed by atoms with Crippen LogP contribution in [0.25, 0.3) is 27.1 Å². The molecule has 0 aliphatic carbocycles. The molecule has 0 aromatic carbocycles. The van der Waals surface area contributed by atoms with Gasteiger partial charge in [0.2, 0.25) is 0 Å². The van der Waals surface area contributed by atoms with Gasteiger partial charge in [0.15, 0.2) is 6.20 Å². The van der Waals surface area contributed by atoms with E-state index in [0.717, 1.165) is 34.3 Å². The van der Waals surface area contributed by atoms with E-state index >= 15 is 0 Å².